The fourth-order valence-corrected chi connectivity index (χ4v) is 1.94. The summed E-state index contributed by atoms with van der Waals surface area (Å²) in [5.41, 5.74) is 6.02. The van der Waals surface area contributed by atoms with Crippen molar-refractivity contribution in [1.29, 1.82) is 0 Å². The zero-order valence-electron chi connectivity index (χ0n) is 7.02. The highest BCUT2D eigenvalue weighted by Gasteiger charge is 2.08. The van der Waals surface area contributed by atoms with Crippen LogP contribution in [-0.2, 0) is 10.0 Å². The first-order valence-corrected chi connectivity index (χ1v) is 6.18. The van der Waals surface area contributed by atoms with Crippen molar-refractivity contribution < 1.29 is 8.42 Å². The monoisotopic (exact) mass is 218 g/mol. The standard InChI is InChI=1S/C7H10N2O2S2/c1-12-7-3-2-5(4-6(7)8)13(9,10)11/h2-4H,8H2,1H3,(H2,9,10,11). The lowest BCUT2D eigenvalue weighted by Gasteiger charge is -2.03. The van der Waals surface area contributed by atoms with E-state index in [1.807, 2.05) is 6.26 Å². The van der Waals surface area contributed by atoms with E-state index in [9.17, 15) is 8.42 Å². The van der Waals surface area contributed by atoms with E-state index < -0.39 is 10.0 Å². The Labute approximate surface area is 81.4 Å². The van der Waals surface area contributed by atoms with Crippen LogP contribution < -0.4 is 10.9 Å². The van der Waals surface area contributed by atoms with E-state index in [-0.39, 0.29) is 4.90 Å². The Balaban J connectivity index is 3.26. The number of rotatable bonds is 2. The molecular formula is C7H10N2O2S2. The first-order valence-electron chi connectivity index (χ1n) is 3.41. The molecule has 72 valence electrons. The van der Waals surface area contributed by atoms with Gasteiger partial charge in [-0.1, -0.05) is 0 Å². The average molecular weight is 218 g/mol. The fourth-order valence-electron chi connectivity index (χ4n) is 0.889. The van der Waals surface area contributed by atoms with Crippen molar-refractivity contribution in [2.24, 2.45) is 5.14 Å². The Kier molecular flexibility index (Phi) is 2.84. The van der Waals surface area contributed by atoms with E-state index in [0.29, 0.717) is 5.69 Å². The van der Waals surface area contributed by atoms with Crippen molar-refractivity contribution in [2.45, 2.75) is 9.79 Å². The maximum Gasteiger partial charge on any atom is 0.238 e. The summed E-state index contributed by atoms with van der Waals surface area (Å²) in [6, 6.07) is 4.44. The smallest absolute Gasteiger partial charge is 0.238 e. The molecule has 0 aliphatic carbocycles. The number of nitrogens with two attached hydrogens (primary N) is 2. The predicted octanol–water partition coefficient (Wildman–Crippen LogP) is 0.638. The lowest BCUT2D eigenvalue weighted by Crippen LogP contribution is -2.12. The minimum absolute atomic E-state index is 0.0443. The molecule has 0 bridgehead atoms. The van der Waals surface area contributed by atoms with Gasteiger partial charge in [0.2, 0.25) is 10.0 Å². The molecule has 0 spiro atoms. The molecule has 0 fully saturated rings. The van der Waals surface area contributed by atoms with Crippen LogP contribution in [0.3, 0.4) is 0 Å². The van der Waals surface area contributed by atoms with E-state index in [2.05, 4.69) is 0 Å². The number of nitrogen functional groups attached to an aromatic ring is 1. The van der Waals surface area contributed by atoms with Gasteiger partial charge in [-0.25, -0.2) is 13.6 Å². The molecule has 4 N–H and O–H groups in total. The molecule has 1 aromatic rings. The molecule has 0 aromatic heterocycles. The highest BCUT2D eigenvalue weighted by Crippen LogP contribution is 2.24. The molecule has 1 aromatic carbocycles. The van der Waals surface area contributed by atoms with Gasteiger partial charge >= 0.3 is 0 Å². The maximum absolute atomic E-state index is 10.9. The molecule has 1 rings (SSSR count). The van der Waals surface area contributed by atoms with Crippen molar-refractivity contribution in [2.75, 3.05) is 12.0 Å². The molecule has 0 saturated heterocycles. The summed E-state index contributed by atoms with van der Waals surface area (Å²) in [4.78, 5) is 0.884. The molecule has 13 heavy (non-hydrogen) atoms. The number of anilines is 1. The fraction of sp³-hybridized carbons (Fsp3) is 0.143. The highest BCUT2D eigenvalue weighted by molar-refractivity contribution is 7.98. The molecule has 6 heteroatoms. The van der Waals surface area contributed by atoms with Crippen LogP contribution in [0, 0.1) is 0 Å². The summed E-state index contributed by atoms with van der Waals surface area (Å²) in [6.45, 7) is 0. The Morgan fingerprint density at radius 2 is 2.00 bits per heavy atom. The lowest BCUT2D eigenvalue weighted by atomic mass is 10.3. The lowest BCUT2D eigenvalue weighted by molar-refractivity contribution is 0.598. The summed E-state index contributed by atoms with van der Waals surface area (Å²) in [5.74, 6) is 0. The molecule has 0 aliphatic heterocycles. The first-order chi connectivity index (χ1) is 5.95. The van der Waals surface area contributed by atoms with Gasteiger partial charge in [-0.2, -0.15) is 0 Å². The normalized spacial score (nSPS) is 11.5. The minimum Gasteiger partial charge on any atom is -0.398 e. The number of hydrogen-bond donors (Lipinski definition) is 2. The van der Waals surface area contributed by atoms with Crippen LogP contribution in [0.2, 0.25) is 0 Å². The zero-order chi connectivity index (χ0) is 10.1. The van der Waals surface area contributed by atoms with Gasteiger partial charge in [0, 0.05) is 10.6 Å². The van der Waals surface area contributed by atoms with Crippen LogP contribution >= 0.6 is 11.8 Å². The highest BCUT2D eigenvalue weighted by atomic mass is 32.2. The summed E-state index contributed by atoms with van der Waals surface area (Å²) in [6.07, 6.45) is 1.86. The van der Waals surface area contributed by atoms with Crippen molar-refractivity contribution in [3.8, 4) is 0 Å². The number of primary sulfonamides is 1. The third-order valence-corrected chi connectivity index (χ3v) is 3.25. The van der Waals surface area contributed by atoms with Crippen molar-refractivity contribution in [3.63, 3.8) is 0 Å². The van der Waals surface area contributed by atoms with Crippen molar-refractivity contribution in [1.82, 2.24) is 0 Å². The van der Waals surface area contributed by atoms with E-state index >= 15 is 0 Å². The number of sulfonamides is 1. The van der Waals surface area contributed by atoms with Crippen LogP contribution in [0.15, 0.2) is 28.0 Å². The molecular weight excluding hydrogens is 208 g/mol. The Hall–Kier alpha value is -0.720. The zero-order valence-corrected chi connectivity index (χ0v) is 8.65. The second-order valence-electron chi connectivity index (χ2n) is 2.45. The van der Waals surface area contributed by atoms with Crippen LogP contribution in [-0.4, -0.2) is 14.7 Å². The average Bonchev–Trinajstić information content (AvgIpc) is 2.02. The quantitative estimate of drug-likeness (QED) is 0.563. The van der Waals surface area contributed by atoms with Crippen molar-refractivity contribution in [3.05, 3.63) is 18.2 Å². The topological polar surface area (TPSA) is 86.2 Å². The summed E-state index contributed by atoms with van der Waals surface area (Å²) >= 11 is 1.45. The van der Waals surface area contributed by atoms with E-state index in [4.69, 9.17) is 10.9 Å². The van der Waals surface area contributed by atoms with E-state index in [0.717, 1.165) is 4.90 Å². The molecule has 0 radical (unpaired) electrons. The van der Waals surface area contributed by atoms with E-state index in [1.165, 1.54) is 23.9 Å². The summed E-state index contributed by atoms with van der Waals surface area (Å²) in [7, 11) is -3.64. The molecule has 0 amide bonds. The summed E-state index contributed by atoms with van der Waals surface area (Å²) in [5, 5.41) is 4.93. The molecule has 0 heterocycles. The Morgan fingerprint density at radius 1 is 1.38 bits per heavy atom. The molecule has 0 aliphatic rings. The molecule has 0 unspecified atom stereocenters. The van der Waals surface area contributed by atoms with Crippen LogP contribution in [0.25, 0.3) is 0 Å². The number of thioether (sulfide) groups is 1. The predicted molar refractivity (Wildman–Crippen MR) is 54.0 cm³/mol. The van der Waals surface area contributed by atoms with Gasteiger partial charge in [-0.15, -0.1) is 11.8 Å². The summed E-state index contributed by atoms with van der Waals surface area (Å²) < 4.78 is 21.8. The Morgan fingerprint density at radius 3 is 2.38 bits per heavy atom. The molecule has 0 saturated carbocycles. The SMILES string of the molecule is CSc1ccc(S(N)(=O)=O)cc1N. The van der Waals surface area contributed by atoms with Gasteiger partial charge in [0.1, 0.15) is 0 Å². The molecule has 4 nitrogen and oxygen atoms in total. The van der Waals surface area contributed by atoms with Crippen molar-refractivity contribution >= 4 is 27.5 Å². The second kappa shape index (κ2) is 3.57. The Bertz CT molecular complexity index is 415. The largest absolute Gasteiger partial charge is 0.398 e. The second-order valence-corrected chi connectivity index (χ2v) is 4.86. The van der Waals surface area contributed by atoms with Gasteiger partial charge in [0.15, 0.2) is 0 Å². The van der Waals surface area contributed by atoms with Gasteiger partial charge in [-0.3, -0.25) is 0 Å². The van der Waals surface area contributed by atoms with E-state index in [1.54, 1.807) is 6.07 Å². The maximum atomic E-state index is 10.9. The van der Waals surface area contributed by atoms with Crippen LogP contribution in [0.5, 0.6) is 0 Å². The van der Waals surface area contributed by atoms with Crippen LogP contribution in [0.1, 0.15) is 0 Å². The third kappa shape index (κ3) is 2.36. The minimum atomic E-state index is -3.64. The number of benzene rings is 1. The van der Waals surface area contributed by atoms with Gasteiger partial charge in [0.05, 0.1) is 4.90 Å². The first kappa shape index (κ1) is 10.4. The van der Waals surface area contributed by atoms with Gasteiger partial charge in [-0.05, 0) is 24.5 Å². The third-order valence-electron chi connectivity index (χ3n) is 1.53. The van der Waals surface area contributed by atoms with Crippen LogP contribution in [0.4, 0.5) is 5.69 Å². The number of hydrogen-bond acceptors (Lipinski definition) is 4. The molecule has 0 atom stereocenters. The van der Waals surface area contributed by atoms with Gasteiger partial charge in [0.25, 0.3) is 0 Å². The van der Waals surface area contributed by atoms with Gasteiger partial charge < -0.3 is 5.73 Å².